The van der Waals surface area contributed by atoms with Gasteiger partial charge in [-0.25, -0.2) is 9.78 Å². The van der Waals surface area contributed by atoms with Crippen molar-refractivity contribution in [3.63, 3.8) is 0 Å². The number of benzene rings is 2. The number of hydrogen-bond donors (Lipinski definition) is 1. The normalized spacial score (nSPS) is 20.6. The zero-order chi connectivity index (χ0) is 29.0. The third-order valence-corrected chi connectivity index (χ3v) is 8.82. The first-order chi connectivity index (χ1) is 21.2. The van der Waals surface area contributed by atoms with Crippen molar-refractivity contribution in [1.82, 2.24) is 40.3 Å². The van der Waals surface area contributed by atoms with Gasteiger partial charge in [-0.2, -0.15) is 5.21 Å². The number of urea groups is 1. The van der Waals surface area contributed by atoms with Gasteiger partial charge in [0.2, 0.25) is 11.7 Å². The highest BCUT2D eigenvalue weighted by Crippen LogP contribution is 2.37. The lowest BCUT2D eigenvalue weighted by molar-refractivity contribution is 0.0493. The van der Waals surface area contributed by atoms with Crippen LogP contribution in [-0.4, -0.2) is 91.3 Å². The molecule has 1 unspecified atom stereocenters. The molecule has 2 amide bonds. The van der Waals surface area contributed by atoms with Crippen LogP contribution in [0.3, 0.4) is 0 Å². The van der Waals surface area contributed by atoms with Crippen LogP contribution in [-0.2, 0) is 11.3 Å². The Morgan fingerprint density at radius 3 is 2.40 bits per heavy atom. The fourth-order valence-electron chi connectivity index (χ4n) is 6.54. The molecule has 11 nitrogen and oxygen atoms in total. The van der Waals surface area contributed by atoms with Crippen molar-refractivity contribution >= 4 is 6.03 Å². The number of piperidine rings is 1. The molecule has 3 aliphatic heterocycles. The number of likely N-dealkylation sites (tertiary alicyclic amines) is 1. The number of tetrazole rings is 1. The third kappa shape index (κ3) is 6.09. The molecular formula is C32H36N8O3. The first-order valence-electron chi connectivity index (χ1n) is 15.1. The average molecular weight is 581 g/mol. The Kier molecular flexibility index (Phi) is 7.98. The second kappa shape index (κ2) is 12.5. The van der Waals surface area contributed by atoms with Gasteiger partial charge in [-0.15, -0.1) is 10.2 Å². The van der Waals surface area contributed by atoms with Crippen molar-refractivity contribution < 1.29 is 14.3 Å². The van der Waals surface area contributed by atoms with E-state index in [1.54, 1.807) is 0 Å². The van der Waals surface area contributed by atoms with E-state index < -0.39 is 0 Å². The number of rotatable bonds is 8. The maximum atomic E-state index is 13.9. The number of nitrogens with zero attached hydrogens (tertiary/aromatic N) is 7. The summed E-state index contributed by atoms with van der Waals surface area (Å²) in [5.74, 6) is 1.77. The SMILES string of the molecule is O=C1N(C2CCOCC2)CC(c2ccccc2)N1C1CCN(Cc2ccc(Oc3ccc(-c4nn[nH]n4)cc3)nc2)CC1. The lowest BCUT2D eigenvalue weighted by Crippen LogP contribution is -2.48. The van der Waals surface area contributed by atoms with Crippen LogP contribution >= 0.6 is 0 Å². The first-order valence-corrected chi connectivity index (χ1v) is 15.1. The van der Waals surface area contributed by atoms with Gasteiger partial charge in [0.25, 0.3) is 0 Å². The molecule has 2 aromatic carbocycles. The minimum Gasteiger partial charge on any atom is -0.439 e. The third-order valence-electron chi connectivity index (χ3n) is 8.82. The highest BCUT2D eigenvalue weighted by molar-refractivity contribution is 5.78. The number of carbonyl (C=O) groups excluding carboxylic acids is 1. The van der Waals surface area contributed by atoms with Gasteiger partial charge in [-0.05, 0) is 66.3 Å². The van der Waals surface area contributed by atoms with Gasteiger partial charge >= 0.3 is 6.03 Å². The summed E-state index contributed by atoms with van der Waals surface area (Å²) in [6.45, 7) is 4.94. The largest absolute Gasteiger partial charge is 0.439 e. The standard InChI is InChI=1S/C32H36N8O3/c41-32-39(26-14-18-42-19-15-26)22-29(24-4-2-1-3-5-24)40(32)27-12-16-38(17-13-27)21-23-6-11-30(33-20-23)43-28-9-7-25(8-10-28)31-34-36-37-35-31/h1-11,20,26-27,29H,12-19,21-22H2,(H,34,35,36,37). The Morgan fingerprint density at radius 1 is 0.907 bits per heavy atom. The van der Waals surface area contributed by atoms with E-state index in [9.17, 15) is 4.79 Å². The molecule has 1 N–H and O–H groups in total. The fourth-order valence-corrected chi connectivity index (χ4v) is 6.54. The fraction of sp³-hybridized carbons (Fsp3) is 0.406. The molecular weight excluding hydrogens is 544 g/mol. The Hall–Kier alpha value is -4.35. The van der Waals surface area contributed by atoms with Crippen molar-refractivity contribution in [3.05, 3.63) is 84.1 Å². The molecule has 0 spiro atoms. The second-order valence-corrected chi connectivity index (χ2v) is 11.5. The number of H-pyrrole nitrogens is 1. The lowest BCUT2D eigenvalue weighted by atomic mass is 9.99. The molecule has 3 fully saturated rings. The smallest absolute Gasteiger partial charge is 0.321 e. The van der Waals surface area contributed by atoms with Crippen LogP contribution in [0.15, 0.2) is 72.9 Å². The van der Waals surface area contributed by atoms with Crippen LogP contribution in [0.25, 0.3) is 11.4 Å². The maximum Gasteiger partial charge on any atom is 0.321 e. The van der Waals surface area contributed by atoms with Crippen molar-refractivity contribution in [2.45, 2.75) is 50.4 Å². The number of pyridine rings is 1. The maximum absolute atomic E-state index is 13.9. The van der Waals surface area contributed by atoms with Crippen molar-refractivity contribution in [3.8, 4) is 23.0 Å². The Labute approximate surface area is 250 Å². The highest BCUT2D eigenvalue weighted by Gasteiger charge is 2.45. The van der Waals surface area contributed by atoms with E-state index in [-0.39, 0.29) is 24.2 Å². The van der Waals surface area contributed by atoms with Crippen LogP contribution in [0.4, 0.5) is 4.79 Å². The van der Waals surface area contributed by atoms with E-state index in [1.807, 2.05) is 42.6 Å². The van der Waals surface area contributed by atoms with E-state index in [2.05, 4.69) is 70.6 Å². The van der Waals surface area contributed by atoms with E-state index in [4.69, 9.17) is 9.47 Å². The molecule has 2 aromatic heterocycles. The number of carbonyl (C=O) groups is 1. The number of aromatic nitrogens is 5. The summed E-state index contributed by atoms with van der Waals surface area (Å²) in [5, 5.41) is 14.0. The van der Waals surface area contributed by atoms with Crippen LogP contribution < -0.4 is 4.74 Å². The van der Waals surface area contributed by atoms with Crippen molar-refractivity contribution in [1.29, 1.82) is 0 Å². The highest BCUT2D eigenvalue weighted by atomic mass is 16.5. The summed E-state index contributed by atoms with van der Waals surface area (Å²) in [5.41, 5.74) is 3.22. The van der Waals surface area contributed by atoms with Crippen LogP contribution in [0, 0.1) is 0 Å². The van der Waals surface area contributed by atoms with Gasteiger partial charge < -0.3 is 19.3 Å². The summed E-state index contributed by atoms with van der Waals surface area (Å²) in [7, 11) is 0. The Morgan fingerprint density at radius 2 is 1.70 bits per heavy atom. The van der Waals surface area contributed by atoms with E-state index >= 15 is 0 Å². The number of nitrogens with one attached hydrogen (secondary N) is 1. The van der Waals surface area contributed by atoms with Gasteiger partial charge in [0.05, 0.1) is 6.04 Å². The molecule has 0 radical (unpaired) electrons. The van der Waals surface area contributed by atoms with E-state index in [1.165, 1.54) is 5.56 Å². The molecule has 7 rings (SSSR count). The summed E-state index contributed by atoms with van der Waals surface area (Å²) in [6, 6.07) is 22.8. The van der Waals surface area contributed by atoms with E-state index in [0.29, 0.717) is 17.5 Å². The zero-order valence-corrected chi connectivity index (χ0v) is 24.1. The number of hydrogen-bond acceptors (Lipinski definition) is 8. The zero-order valence-electron chi connectivity index (χ0n) is 24.1. The first kappa shape index (κ1) is 27.5. The molecule has 222 valence electrons. The van der Waals surface area contributed by atoms with Crippen molar-refractivity contribution in [2.75, 3.05) is 32.8 Å². The molecule has 0 saturated carbocycles. The molecule has 0 aliphatic carbocycles. The predicted molar refractivity (Wildman–Crippen MR) is 159 cm³/mol. The Bertz CT molecular complexity index is 1470. The monoisotopic (exact) mass is 580 g/mol. The second-order valence-electron chi connectivity index (χ2n) is 11.5. The Balaban J connectivity index is 0.953. The molecule has 1 atom stereocenters. The van der Waals surface area contributed by atoms with Crippen molar-refractivity contribution in [2.24, 2.45) is 0 Å². The minimum atomic E-state index is 0.0972. The number of amides is 2. The van der Waals surface area contributed by atoms with Gasteiger partial charge in [-0.1, -0.05) is 36.4 Å². The molecule has 11 heteroatoms. The van der Waals surface area contributed by atoms with Gasteiger partial charge in [0.1, 0.15) is 5.75 Å². The van der Waals surface area contributed by atoms with Gasteiger partial charge in [-0.3, -0.25) is 4.90 Å². The average Bonchev–Trinajstić information content (AvgIpc) is 3.72. The molecule has 0 bridgehead atoms. The van der Waals surface area contributed by atoms with Crippen LogP contribution in [0.5, 0.6) is 11.6 Å². The summed E-state index contributed by atoms with van der Waals surface area (Å²) >= 11 is 0. The van der Waals surface area contributed by atoms with Crippen LogP contribution in [0.2, 0.25) is 0 Å². The summed E-state index contributed by atoms with van der Waals surface area (Å²) in [4.78, 5) is 25.2. The number of ether oxygens (including phenoxy) is 2. The topological polar surface area (TPSA) is 113 Å². The molecule has 4 aromatic rings. The predicted octanol–water partition coefficient (Wildman–Crippen LogP) is 4.68. The molecule has 3 saturated heterocycles. The molecule has 5 heterocycles. The van der Waals surface area contributed by atoms with E-state index in [0.717, 1.165) is 76.2 Å². The quantitative estimate of drug-likeness (QED) is 0.320. The summed E-state index contributed by atoms with van der Waals surface area (Å²) < 4.78 is 11.5. The van der Waals surface area contributed by atoms with Gasteiger partial charge in [0, 0.05) is 69.3 Å². The summed E-state index contributed by atoms with van der Waals surface area (Å²) in [6.07, 6.45) is 5.66. The minimum absolute atomic E-state index is 0.0972. The van der Waals surface area contributed by atoms with Gasteiger partial charge in [0.15, 0.2) is 0 Å². The number of aromatic amines is 1. The van der Waals surface area contributed by atoms with Crippen LogP contribution in [0.1, 0.15) is 42.9 Å². The lowest BCUT2D eigenvalue weighted by Gasteiger charge is -2.39. The molecule has 43 heavy (non-hydrogen) atoms. The molecule has 3 aliphatic rings.